The minimum Gasteiger partial charge on any atom is -0.494 e. The van der Waals surface area contributed by atoms with Gasteiger partial charge in [-0.2, -0.15) is 4.31 Å². The molecule has 1 amide bonds. The summed E-state index contributed by atoms with van der Waals surface area (Å²) in [5, 5.41) is 0. The average Bonchev–Trinajstić information content (AvgIpc) is 3.00. The van der Waals surface area contributed by atoms with Crippen molar-refractivity contribution >= 4 is 27.3 Å². The van der Waals surface area contributed by atoms with Crippen LogP contribution in [0, 0.1) is 13.8 Å². The molecule has 3 rings (SSSR count). The van der Waals surface area contributed by atoms with E-state index in [-0.39, 0.29) is 10.8 Å². The lowest BCUT2D eigenvalue weighted by Crippen LogP contribution is -2.50. The topological polar surface area (TPSA) is 66.9 Å². The maximum atomic E-state index is 12.8. The zero-order chi connectivity index (χ0) is 19.6. The van der Waals surface area contributed by atoms with Gasteiger partial charge in [-0.15, -0.1) is 11.3 Å². The Morgan fingerprint density at radius 1 is 1.11 bits per heavy atom. The zero-order valence-corrected chi connectivity index (χ0v) is 17.4. The molecule has 1 aromatic heterocycles. The molecular weight excluding hydrogens is 384 g/mol. The van der Waals surface area contributed by atoms with Crippen molar-refractivity contribution < 1.29 is 17.9 Å². The molecule has 0 N–H and O–H groups in total. The first-order valence-corrected chi connectivity index (χ1v) is 11.2. The van der Waals surface area contributed by atoms with Crippen molar-refractivity contribution in [3.8, 4) is 5.75 Å². The molecule has 1 aliphatic heterocycles. The summed E-state index contributed by atoms with van der Waals surface area (Å²) < 4.78 is 32.5. The van der Waals surface area contributed by atoms with Gasteiger partial charge in [0.05, 0.1) is 17.1 Å². The standard InChI is InChI=1S/C19H24N2O4S2/c1-4-25-16-5-7-17(8-6-16)27(23,24)21-11-9-20(10-12-21)19(22)18-13-14(2)26-15(18)3/h5-8,13H,4,9-12H2,1-3H3. The van der Waals surface area contributed by atoms with Crippen LogP contribution in [0.5, 0.6) is 5.75 Å². The van der Waals surface area contributed by atoms with Crippen molar-refractivity contribution in [1.29, 1.82) is 0 Å². The SMILES string of the molecule is CCOc1ccc(S(=O)(=O)N2CCN(C(=O)c3cc(C)sc3C)CC2)cc1. The second kappa shape index (κ2) is 8.00. The molecular formula is C19H24N2O4S2. The molecule has 1 fully saturated rings. The average molecular weight is 409 g/mol. The van der Waals surface area contributed by atoms with Gasteiger partial charge in [-0.25, -0.2) is 8.42 Å². The smallest absolute Gasteiger partial charge is 0.255 e. The summed E-state index contributed by atoms with van der Waals surface area (Å²) in [6.45, 7) is 7.71. The number of piperazine rings is 1. The number of rotatable bonds is 5. The van der Waals surface area contributed by atoms with E-state index in [0.717, 1.165) is 15.3 Å². The van der Waals surface area contributed by atoms with E-state index >= 15 is 0 Å². The summed E-state index contributed by atoms with van der Waals surface area (Å²) in [5.74, 6) is 0.628. The molecule has 0 aliphatic carbocycles. The van der Waals surface area contributed by atoms with Gasteiger partial charge in [0, 0.05) is 35.9 Å². The number of aryl methyl sites for hydroxylation is 2. The molecule has 146 valence electrons. The summed E-state index contributed by atoms with van der Waals surface area (Å²) >= 11 is 1.60. The van der Waals surface area contributed by atoms with Crippen molar-refractivity contribution in [3.63, 3.8) is 0 Å². The molecule has 1 saturated heterocycles. The van der Waals surface area contributed by atoms with E-state index < -0.39 is 10.0 Å². The number of ether oxygens (including phenoxy) is 1. The van der Waals surface area contributed by atoms with Gasteiger partial charge in [0.2, 0.25) is 10.0 Å². The van der Waals surface area contributed by atoms with E-state index in [0.29, 0.717) is 38.5 Å². The number of sulfonamides is 1. The van der Waals surface area contributed by atoms with Crippen LogP contribution in [0.15, 0.2) is 35.2 Å². The molecule has 0 unspecified atom stereocenters. The van der Waals surface area contributed by atoms with Crippen molar-refractivity contribution in [2.24, 2.45) is 0 Å². The Balaban J connectivity index is 1.67. The third-order valence-corrected chi connectivity index (χ3v) is 7.45. The van der Waals surface area contributed by atoms with Crippen molar-refractivity contribution in [2.45, 2.75) is 25.7 Å². The predicted molar refractivity (Wildman–Crippen MR) is 106 cm³/mol. The van der Waals surface area contributed by atoms with Gasteiger partial charge in [-0.05, 0) is 51.1 Å². The molecule has 1 aromatic carbocycles. The lowest BCUT2D eigenvalue weighted by molar-refractivity contribution is 0.0697. The second-order valence-corrected chi connectivity index (χ2v) is 9.83. The highest BCUT2D eigenvalue weighted by Crippen LogP contribution is 2.24. The number of nitrogens with zero attached hydrogens (tertiary/aromatic N) is 2. The fourth-order valence-corrected chi connectivity index (χ4v) is 5.51. The third kappa shape index (κ3) is 4.17. The summed E-state index contributed by atoms with van der Waals surface area (Å²) in [6.07, 6.45) is 0. The van der Waals surface area contributed by atoms with Crippen LogP contribution in [0.4, 0.5) is 0 Å². The molecule has 2 aromatic rings. The van der Waals surface area contributed by atoms with Crippen LogP contribution < -0.4 is 4.74 Å². The van der Waals surface area contributed by atoms with Crippen LogP contribution in [0.25, 0.3) is 0 Å². The number of carbonyl (C=O) groups is 1. The highest BCUT2D eigenvalue weighted by Gasteiger charge is 2.31. The van der Waals surface area contributed by atoms with E-state index in [1.54, 1.807) is 40.5 Å². The number of hydrogen-bond acceptors (Lipinski definition) is 5. The Labute approximate surface area is 164 Å². The van der Waals surface area contributed by atoms with Crippen molar-refractivity contribution in [3.05, 3.63) is 45.6 Å². The molecule has 0 bridgehead atoms. The number of benzene rings is 1. The van der Waals surface area contributed by atoms with E-state index in [2.05, 4.69) is 0 Å². The predicted octanol–water partition coefficient (Wildman–Crippen LogP) is 2.91. The lowest BCUT2D eigenvalue weighted by atomic mass is 10.2. The molecule has 0 radical (unpaired) electrons. The number of hydrogen-bond donors (Lipinski definition) is 0. The fraction of sp³-hybridized carbons (Fsp3) is 0.421. The maximum Gasteiger partial charge on any atom is 0.255 e. The largest absolute Gasteiger partial charge is 0.494 e. The molecule has 2 heterocycles. The van der Waals surface area contributed by atoms with E-state index in [1.807, 2.05) is 26.8 Å². The molecule has 27 heavy (non-hydrogen) atoms. The van der Waals surface area contributed by atoms with Crippen molar-refractivity contribution in [2.75, 3.05) is 32.8 Å². The van der Waals surface area contributed by atoms with E-state index in [9.17, 15) is 13.2 Å². The Morgan fingerprint density at radius 2 is 1.74 bits per heavy atom. The monoisotopic (exact) mass is 408 g/mol. The van der Waals surface area contributed by atoms with Crippen LogP contribution in [0.3, 0.4) is 0 Å². The van der Waals surface area contributed by atoms with Crippen LogP contribution in [-0.2, 0) is 10.0 Å². The highest BCUT2D eigenvalue weighted by atomic mass is 32.2. The number of amides is 1. The summed E-state index contributed by atoms with van der Waals surface area (Å²) in [5.41, 5.74) is 0.723. The van der Waals surface area contributed by atoms with E-state index in [1.165, 1.54) is 4.31 Å². The summed E-state index contributed by atoms with van der Waals surface area (Å²) in [4.78, 5) is 16.8. The van der Waals surface area contributed by atoms with Crippen LogP contribution in [-0.4, -0.2) is 56.3 Å². The number of thiophene rings is 1. The molecule has 0 spiro atoms. The van der Waals surface area contributed by atoms with Crippen LogP contribution in [0.1, 0.15) is 27.0 Å². The normalized spacial score (nSPS) is 15.7. The molecule has 6 nitrogen and oxygen atoms in total. The third-order valence-electron chi connectivity index (χ3n) is 4.57. The minimum absolute atomic E-state index is 0.0186. The first-order chi connectivity index (χ1) is 12.8. The summed E-state index contributed by atoms with van der Waals surface area (Å²) in [6, 6.07) is 8.37. The first kappa shape index (κ1) is 19.9. The first-order valence-electron chi connectivity index (χ1n) is 8.92. The van der Waals surface area contributed by atoms with Gasteiger partial charge in [0.1, 0.15) is 5.75 Å². The number of carbonyl (C=O) groups excluding carboxylic acids is 1. The fourth-order valence-electron chi connectivity index (χ4n) is 3.17. The van der Waals surface area contributed by atoms with Gasteiger partial charge in [-0.1, -0.05) is 0 Å². The Kier molecular flexibility index (Phi) is 5.88. The molecule has 1 aliphatic rings. The van der Waals surface area contributed by atoms with Gasteiger partial charge in [0.15, 0.2) is 0 Å². The van der Waals surface area contributed by atoms with Gasteiger partial charge in [-0.3, -0.25) is 4.79 Å². The highest BCUT2D eigenvalue weighted by molar-refractivity contribution is 7.89. The molecule has 0 saturated carbocycles. The lowest BCUT2D eigenvalue weighted by Gasteiger charge is -2.34. The van der Waals surface area contributed by atoms with Crippen LogP contribution in [0.2, 0.25) is 0 Å². The Morgan fingerprint density at radius 3 is 2.26 bits per heavy atom. The zero-order valence-electron chi connectivity index (χ0n) is 15.8. The minimum atomic E-state index is -3.57. The summed E-state index contributed by atoms with van der Waals surface area (Å²) in [7, 11) is -3.57. The van der Waals surface area contributed by atoms with E-state index in [4.69, 9.17) is 4.74 Å². The molecule has 8 heteroatoms. The quantitative estimate of drug-likeness (QED) is 0.763. The van der Waals surface area contributed by atoms with Gasteiger partial charge in [0.25, 0.3) is 5.91 Å². The molecule has 0 atom stereocenters. The maximum absolute atomic E-state index is 12.8. The Hall–Kier alpha value is -1.90. The van der Waals surface area contributed by atoms with Crippen molar-refractivity contribution in [1.82, 2.24) is 9.21 Å². The van der Waals surface area contributed by atoms with Gasteiger partial charge < -0.3 is 9.64 Å². The van der Waals surface area contributed by atoms with Gasteiger partial charge >= 0.3 is 0 Å². The Bertz CT molecular complexity index is 912. The second-order valence-electron chi connectivity index (χ2n) is 6.43. The van der Waals surface area contributed by atoms with Crippen LogP contribution >= 0.6 is 11.3 Å².